The fourth-order valence-corrected chi connectivity index (χ4v) is 3.02. The van der Waals surface area contributed by atoms with Gasteiger partial charge in [-0.1, -0.05) is 23.4 Å². The van der Waals surface area contributed by atoms with Crippen LogP contribution < -0.4 is 10.2 Å². The van der Waals surface area contributed by atoms with E-state index in [0.717, 1.165) is 25.3 Å². The van der Waals surface area contributed by atoms with Crippen LogP contribution in [0.25, 0.3) is 0 Å². The molecule has 1 atom stereocenters. The van der Waals surface area contributed by atoms with Gasteiger partial charge in [-0.3, -0.25) is 4.68 Å². The molecule has 1 aliphatic rings. The van der Waals surface area contributed by atoms with Gasteiger partial charge in [-0.05, 0) is 38.4 Å². The molecule has 0 bridgehead atoms. The van der Waals surface area contributed by atoms with Crippen molar-refractivity contribution in [1.29, 1.82) is 0 Å². The minimum Gasteiger partial charge on any atom is -0.367 e. The Morgan fingerprint density at radius 2 is 2.14 bits per heavy atom. The number of nitrogens with zero attached hydrogens (tertiary/aromatic N) is 4. The van der Waals surface area contributed by atoms with E-state index in [2.05, 4.69) is 51.7 Å². The van der Waals surface area contributed by atoms with Gasteiger partial charge >= 0.3 is 0 Å². The van der Waals surface area contributed by atoms with Crippen molar-refractivity contribution in [1.82, 2.24) is 20.3 Å². The lowest BCUT2D eigenvalue weighted by molar-refractivity contribution is 0.510. The molecule has 0 radical (unpaired) electrons. The molecule has 1 unspecified atom stereocenters. The minimum atomic E-state index is 0.584. The molecule has 0 saturated heterocycles. The monoisotopic (exact) mass is 285 g/mol. The highest BCUT2D eigenvalue weighted by atomic mass is 15.4. The SMILES string of the molecule is CNCc1cn(CCN2c3ccccc3CCC2C)nn1. The van der Waals surface area contributed by atoms with Gasteiger partial charge in [-0.2, -0.15) is 0 Å². The lowest BCUT2D eigenvalue weighted by Gasteiger charge is -2.37. The highest BCUT2D eigenvalue weighted by Crippen LogP contribution is 2.30. The predicted octanol–water partition coefficient (Wildman–Crippen LogP) is 1.84. The van der Waals surface area contributed by atoms with Gasteiger partial charge in [0.25, 0.3) is 0 Å². The maximum Gasteiger partial charge on any atom is 0.0964 e. The molecule has 1 aromatic heterocycles. The van der Waals surface area contributed by atoms with E-state index in [1.807, 2.05) is 17.9 Å². The van der Waals surface area contributed by atoms with Crippen LogP contribution in [0.15, 0.2) is 30.5 Å². The third-order valence-electron chi connectivity index (χ3n) is 4.18. The van der Waals surface area contributed by atoms with E-state index >= 15 is 0 Å². The van der Waals surface area contributed by atoms with Crippen LogP contribution in [-0.4, -0.2) is 34.6 Å². The predicted molar refractivity (Wildman–Crippen MR) is 84.4 cm³/mol. The van der Waals surface area contributed by atoms with Crippen molar-refractivity contribution in [3.05, 3.63) is 41.7 Å². The molecule has 5 heteroatoms. The Morgan fingerprint density at radius 3 is 3.00 bits per heavy atom. The third kappa shape index (κ3) is 3.08. The van der Waals surface area contributed by atoms with Crippen molar-refractivity contribution in [2.24, 2.45) is 0 Å². The molecule has 3 rings (SSSR count). The quantitative estimate of drug-likeness (QED) is 0.910. The van der Waals surface area contributed by atoms with Gasteiger partial charge in [0.1, 0.15) is 0 Å². The molecule has 1 aliphatic heterocycles. The molecule has 5 nitrogen and oxygen atoms in total. The maximum atomic E-state index is 4.20. The van der Waals surface area contributed by atoms with Crippen LogP contribution in [0.5, 0.6) is 0 Å². The number of aromatic nitrogens is 3. The topological polar surface area (TPSA) is 46.0 Å². The number of nitrogens with one attached hydrogen (secondary N) is 1. The van der Waals surface area contributed by atoms with Crippen LogP contribution in [0.3, 0.4) is 0 Å². The smallest absolute Gasteiger partial charge is 0.0964 e. The second kappa shape index (κ2) is 6.26. The van der Waals surface area contributed by atoms with Gasteiger partial charge < -0.3 is 10.2 Å². The number of fused-ring (bicyclic) bond motifs is 1. The van der Waals surface area contributed by atoms with Gasteiger partial charge in [-0.25, -0.2) is 0 Å². The Labute approximate surface area is 126 Å². The lowest BCUT2D eigenvalue weighted by atomic mass is 9.97. The van der Waals surface area contributed by atoms with Crippen LogP contribution in [0, 0.1) is 0 Å². The third-order valence-corrected chi connectivity index (χ3v) is 4.18. The number of anilines is 1. The Bertz CT molecular complexity index is 592. The Hall–Kier alpha value is -1.88. The molecule has 2 aromatic rings. The fourth-order valence-electron chi connectivity index (χ4n) is 3.02. The molecular formula is C16H23N5. The first-order chi connectivity index (χ1) is 10.3. The summed E-state index contributed by atoms with van der Waals surface area (Å²) in [5.41, 5.74) is 3.83. The molecule has 0 spiro atoms. The van der Waals surface area contributed by atoms with Gasteiger partial charge in [0.2, 0.25) is 0 Å². The number of benzene rings is 1. The second-order valence-electron chi connectivity index (χ2n) is 5.71. The summed E-state index contributed by atoms with van der Waals surface area (Å²) in [5.74, 6) is 0. The van der Waals surface area contributed by atoms with Crippen molar-refractivity contribution in [3.63, 3.8) is 0 Å². The summed E-state index contributed by atoms with van der Waals surface area (Å²) in [6.45, 7) is 4.92. The summed E-state index contributed by atoms with van der Waals surface area (Å²) >= 11 is 0. The van der Waals surface area contributed by atoms with Crippen molar-refractivity contribution in [3.8, 4) is 0 Å². The van der Waals surface area contributed by atoms with E-state index in [0.29, 0.717) is 6.04 Å². The first-order valence-corrected chi connectivity index (χ1v) is 7.66. The van der Waals surface area contributed by atoms with Crippen LogP contribution in [0.4, 0.5) is 5.69 Å². The van der Waals surface area contributed by atoms with E-state index in [-0.39, 0.29) is 0 Å². The molecule has 0 fully saturated rings. The zero-order valence-electron chi connectivity index (χ0n) is 12.8. The Morgan fingerprint density at radius 1 is 1.29 bits per heavy atom. The van der Waals surface area contributed by atoms with Gasteiger partial charge in [-0.15, -0.1) is 5.10 Å². The largest absolute Gasteiger partial charge is 0.367 e. The van der Waals surface area contributed by atoms with E-state index in [1.165, 1.54) is 24.1 Å². The summed E-state index contributed by atoms with van der Waals surface area (Å²) in [6, 6.07) is 9.33. The number of rotatable bonds is 5. The standard InChI is InChI=1S/C16H23N5/c1-13-7-8-14-5-3-4-6-16(14)21(13)10-9-20-12-15(11-17-2)18-19-20/h3-6,12-13,17H,7-11H2,1-2H3. The van der Waals surface area contributed by atoms with Crippen LogP contribution >= 0.6 is 0 Å². The van der Waals surface area contributed by atoms with E-state index < -0.39 is 0 Å². The van der Waals surface area contributed by atoms with Gasteiger partial charge in [0, 0.05) is 31.0 Å². The molecule has 0 aliphatic carbocycles. The second-order valence-corrected chi connectivity index (χ2v) is 5.71. The van der Waals surface area contributed by atoms with Crippen molar-refractivity contribution in [2.75, 3.05) is 18.5 Å². The van der Waals surface area contributed by atoms with E-state index in [1.54, 1.807) is 0 Å². The molecule has 2 heterocycles. The van der Waals surface area contributed by atoms with Crippen LogP contribution in [0.1, 0.15) is 24.6 Å². The van der Waals surface area contributed by atoms with Crippen LogP contribution in [-0.2, 0) is 19.5 Å². The summed E-state index contributed by atoms with van der Waals surface area (Å²) in [5, 5.41) is 11.5. The summed E-state index contributed by atoms with van der Waals surface area (Å²) < 4.78 is 1.94. The zero-order chi connectivity index (χ0) is 14.7. The molecule has 0 saturated carbocycles. The van der Waals surface area contributed by atoms with Crippen molar-refractivity contribution < 1.29 is 0 Å². The van der Waals surface area contributed by atoms with E-state index in [4.69, 9.17) is 0 Å². The molecule has 21 heavy (non-hydrogen) atoms. The lowest BCUT2D eigenvalue weighted by Crippen LogP contribution is -2.39. The number of para-hydroxylation sites is 1. The first-order valence-electron chi connectivity index (χ1n) is 7.66. The minimum absolute atomic E-state index is 0.584. The fraction of sp³-hybridized carbons (Fsp3) is 0.500. The Kier molecular flexibility index (Phi) is 4.20. The molecule has 0 amide bonds. The van der Waals surface area contributed by atoms with E-state index in [9.17, 15) is 0 Å². The average Bonchev–Trinajstić information content (AvgIpc) is 2.94. The summed E-state index contributed by atoms with van der Waals surface area (Å²) in [4.78, 5) is 2.50. The van der Waals surface area contributed by atoms with Gasteiger partial charge in [0.05, 0.1) is 12.2 Å². The molecular weight excluding hydrogens is 262 g/mol. The van der Waals surface area contributed by atoms with Crippen molar-refractivity contribution in [2.45, 2.75) is 38.9 Å². The van der Waals surface area contributed by atoms with Gasteiger partial charge in [0.15, 0.2) is 0 Å². The summed E-state index contributed by atoms with van der Waals surface area (Å²) in [7, 11) is 1.92. The summed E-state index contributed by atoms with van der Waals surface area (Å²) in [6.07, 6.45) is 4.43. The normalized spacial score (nSPS) is 17.8. The zero-order valence-corrected chi connectivity index (χ0v) is 12.8. The maximum absolute atomic E-state index is 4.20. The Balaban J connectivity index is 1.69. The first kappa shape index (κ1) is 14.1. The number of aryl methyl sites for hydroxylation is 1. The molecule has 1 aromatic carbocycles. The number of hydrogen-bond donors (Lipinski definition) is 1. The number of hydrogen-bond acceptors (Lipinski definition) is 4. The highest BCUT2D eigenvalue weighted by molar-refractivity contribution is 5.56. The van der Waals surface area contributed by atoms with Crippen molar-refractivity contribution >= 4 is 5.69 Å². The molecule has 112 valence electrons. The molecule has 1 N–H and O–H groups in total. The van der Waals surface area contributed by atoms with Crippen LogP contribution in [0.2, 0.25) is 0 Å². The average molecular weight is 285 g/mol. The highest BCUT2D eigenvalue weighted by Gasteiger charge is 2.22.